The number of unbranched alkanes of at least 4 members (excludes halogenated alkanes) is 6. The van der Waals surface area contributed by atoms with E-state index in [9.17, 15) is 9.59 Å². The number of allylic oxidation sites excluding steroid dienone is 8. The minimum absolute atomic E-state index is 0.0815. The van der Waals surface area contributed by atoms with Crippen molar-refractivity contribution in [3.05, 3.63) is 91.7 Å². The van der Waals surface area contributed by atoms with Crippen LogP contribution in [0.3, 0.4) is 0 Å². The van der Waals surface area contributed by atoms with Gasteiger partial charge >= 0.3 is 333 Å². The first-order valence-corrected chi connectivity index (χ1v) is 23.6. The van der Waals surface area contributed by atoms with Crippen LogP contribution in [0, 0.1) is 34.1 Å². The van der Waals surface area contributed by atoms with E-state index < -0.39 is 50.7 Å². The molecule has 55 heavy (non-hydrogen) atoms. The molecule has 2 aliphatic carbocycles. The maximum atomic E-state index is 18.0. The van der Waals surface area contributed by atoms with Crippen LogP contribution in [-0.2, 0) is 26.2 Å². The number of hydrogen-bond acceptors (Lipinski definition) is 2. The van der Waals surface area contributed by atoms with Crippen molar-refractivity contribution in [3.63, 3.8) is 0 Å². The molecule has 0 atom stereocenters. The number of carbonyl (C=O) groups is 2. The Morgan fingerprint density at radius 1 is 0.600 bits per heavy atom. The van der Waals surface area contributed by atoms with Gasteiger partial charge in [0.25, 0.3) is 0 Å². The fourth-order valence-electron chi connectivity index (χ4n) is 7.70. The van der Waals surface area contributed by atoms with Gasteiger partial charge in [0.15, 0.2) is 0 Å². The summed E-state index contributed by atoms with van der Waals surface area (Å²) in [7, 11) is 0. The molecular formula is C46H62F4N2O2Ti. The number of nitrogens with zero attached hydrogens (tertiary/aromatic N) is 2. The third kappa shape index (κ3) is 9.17. The molecular weight excluding hydrogens is 736 g/mol. The standard InChI is InChI=1S/2C18H26F2NO.2C5H5.Ti/c2*1-5-7-8-9-12-21(17(22)18(3,4)6-2)16-11-10-14(19)13-15(16)20;2*1-2-4-5-3-1;/h2*10-11H,5-9,12H2,1-4H3;2*1-3H,4H2;. The first-order chi connectivity index (χ1) is 26.1. The van der Waals surface area contributed by atoms with Crippen molar-refractivity contribution in [2.75, 3.05) is 22.9 Å². The van der Waals surface area contributed by atoms with Gasteiger partial charge in [-0.15, -0.1) is 0 Å². The van der Waals surface area contributed by atoms with Crippen LogP contribution in [0.2, 0.25) is 0 Å². The fraction of sp³-hybridized carbons (Fsp3) is 0.522. The second-order valence-corrected chi connectivity index (χ2v) is 22.3. The fourth-order valence-corrected chi connectivity index (χ4v) is 16.0. The van der Waals surface area contributed by atoms with Crippen LogP contribution in [0.15, 0.2) is 68.5 Å². The number of rotatable bonds is 20. The van der Waals surface area contributed by atoms with E-state index in [1.54, 1.807) is 24.3 Å². The molecule has 2 amide bonds. The van der Waals surface area contributed by atoms with Gasteiger partial charge in [0.1, 0.15) is 0 Å². The van der Waals surface area contributed by atoms with Crippen molar-refractivity contribution in [1.29, 1.82) is 0 Å². The van der Waals surface area contributed by atoms with E-state index in [1.165, 1.54) is 21.9 Å². The van der Waals surface area contributed by atoms with E-state index >= 15 is 17.6 Å². The van der Waals surface area contributed by atoms with Crippen LogP contribution in [0.25, 0.3) is 0 Å². The van der Waals surface area contributed by atoms with Crippen LogP contribution < -0.4 is 17.5 Å². The Balaban J connectivity index is 2.11. The summed E-state index contributed by atoms with van der Waals surface area (Å²) < 4.78 is 70.5. The van der Waals surface area contributed by atoms with Crippen molar-refractivity contribution in [3.8, 4) is 0 Å². The molecule has 0 saturated carbocycles. The predicted molar refractivity (Wildman–Crippen MR) is 217 cm³/mol. The average Bonchev–Trinajstić information content (AvgIpc) is 3.91. The molecule has 4 rings (SSSR count). The second-order valence-electron chi connectivity index (χ2n) is 16.4. The number of halogens is 4. The van der Waals surface area contributed by atoms with Gasteiger partial charge in [-0.05, 0) is 0 Å². The Bertz CT molecular complexity index is 1690. The monoisotopic (exact) mass is 798 g/mol. The summed E-state index contributed by atoms with van der Waals surface area (Å²) in [6.07, 6.45) is 19.0. The molecule has 0 fully saturated rings. The van der Waals surface area contributed by atoms with Gasteiger partial charge < -0.3 is 0 Å². The van der Waals surface area contributed by atoms with E-state index in [4.69, 9.17) is 0 Å². The van der Waals surface area contributed by atoms with Crippen LogP contribution in [0.4, 0.5) is 28.9 Å². The molecule has 0 aliphatic heterocycles. The number of hydrogen-bond donors (Lipinski definition) is 0. The molecule has 9 heteroatoms. The third-order valence-electron chi connectivity index (χ3n) is 11.9. The second kappa shape index (κ2) is 19.3. The summed E-state index contributed by atoms with van der Waals surface area (Å²) in [6.45, 7) is 15.7. The molecule has 0 bridgehead atoms. The summed E-state index contributed by atoms with van der Waals surface area (Å²) in [5.74, 6) is -4.31. The van der Waals surface area contributed by atoms with Gasteiger partial charge in [-0.25, -0.2) is 0 Å². The first-order valence-electron chi connectivity index (χ1n) is 20.5. The number of carbonyl (C=O) groups excluding carboxylic acids is 2. The number of anilines is 2. The van der Waals surface area contributed by atoms with Gasteiger partial charge in [-0.2, -0.15) is 0 Å². The molecule has 0 N–H and O–H groups in total. The van der Waals surface area contributed by atoms with E-state index in [0.29, 0.717) is 33.4 Å². The Labute approximate surface area is 331 Å². The Morgan fingerprint density at radius 2 is 0.982 bits per heavy atom. The Morgan fingerprint density at radius 3 is 1.29 bits per heavy atom. The molecule has 0 spiro atoms. The normalized spacial score (nSPS) is 14.4. The number of amides is 2. The van der Waals surface area contributed by atoms with Gasteiger partial charge in [0.05, 0.1) is 0 Å². The van der Waals surface area contributed by atoms with Crippen molar-refractivity contribution in [2.24, 2.45) is 10.8 Å². The van der Waals surface area contributed by atoms with Crippen LogP contribution in [0.5, 0.6) is 0 Å². The first kappa shape index (κ1) is 44.5. The molecule has 2 aromatic rings. The summed E-state index contributed by atoms with van der Waals surface area (Å²) in [5.41, 5.74) is -1.85. The average molecular weight is 799 g/mol. The molecule has 0 unspecified atom stereocenters. The van der Waals surface area contributed by atoms with E-state index in [0.717, 1.165) is 50.7 Å². The summed E-state index contributed by atoms with van der Waals surface area (Å²) >= 11 is -5.28. The molecule has 0 aromatic heterocycles. The van der Waals surface area contributed by atoms with E-state index in [1.807, 2.05) is 53.7 Å². The molecule has 0 radical (unpaired) electrons. The molecule has 0 saturated heterocycles. The van der Waals surface area contributed by atoms with Gasteiger partial charge in [0.2, 0.25) is 0 Å². The summed E-state index contributed by atoms with van der Waals surface area (Å²) in [5, 5.41) is 0. The third-order valence-corrected chi connectivity index (χ3v) is 19.8. The van der Waals surface area contributed by atoms with Gasteiger partial charge in [0, 0.05) is 0 Å². The molecule has 2 aliphatic rings. The molecule has 2 aromatic carbocycles. The van der Waals surface area contributed by atoms with Crippen LogP contribution in [0.1, 0.15) is 132 Å². The van der Waals surface area contributed by atoms with E-state index in [2.05, 4.69) is 13.8 Å². The van der Waals surface area contributed by atoms with Gasteiger partial charge in [-0.1, -0.05) is 0 Å². The number of benzene rings is 2. The zero-order chi connectivity index (χ0) is 40.6. The van der Waals surface area contributed by atoms with Crippen molar-refractivity contribution < 1.29 is 43.7 Å². The SMILES string of the molecule is CCCCCCN(C(=O)C(C)(C)CC)c1ccc(F)[c]([Ti]([C]2=CC=CC2)([C]2=CC=CC2)[c]2c(F)ccc(N(CCCCCC)C(=O)C(C)(C)CC)c2F)c1F. The van der Waals surface area contributed by atoms with E-state index in [-0.39, 0.29) is 56.9 Å². The topological polar surface area (TPSA) is 40.6 Å². The van der Waals surface area contributed by atoms with Crippen molar-refractivity contribution >= 4 is 30.9 Å². The van der Waals surface area contributed by atoms with Gasteiger partial charge in [-0.3, -0.25) is 0 Å². The predicted octanol–water partition coefficient (Wildman–Crippen LogP) is 11.7. The molecule has 4 nitrogen and oxygen atoms in total. The summed E-state index contributed by atoms with van der Waals surface area (Å²) in [6, 6.07) is 4.94. The Hall–Kier alpha value is -3.23. The van der Waals surface area contributed by atoms with Crippen LogP contribution >= 0.6 is 0 Å². The minimum atomic E-state index is -5.28. The zero-order valence-corrected chi connectivity index (χ0v) is 36.0. The van der Waals surface area contributed by atoms with Crippen molar-refractivity contribution in [1.82, 2.24) is 0 Å². The molecule has 300 valence electrons. The van der Waals surface area contributed by atoms with Crippen molar-refractivity contribution in [2.45, 2.75) is 132 Å². The zero-order valence-electron chi connectivity index (χ0n) is 34.4. The Kier molecular flexibility index (Phi) is 15.6. The quantitative estimate of drug-likeness (QED) is 0.0760. The van der Waals surface area contributed by atoms with Crippen LogP contribution in [-0.4, -0.2) is 24.9 Å². The maximum absolute atomic E-state index is 18.0. The summed E-state index contributed by atoms with van der Waals surface area (Å²) in [4.78, 5) is 31.4. The molecule has 0 heterocycles.